The molecule has 1 aromatic carbocycles. The lowest BCUT2D eigenvalue weighted by Crippen LogP contribution is -2.42. The summed E-state index contributed by atoms with van der Waals surface area (Å²) in [7, 11) is 0. The van der Waals surface area contributed by atoms with Crippen LogP contribution in [0.1, 0.15) is 33.6 Å². The zero-order valence-electron chi connectivity index (χ0n) is 11.0. The molecule has 0 aliphatic heterocycles. The Bertz CT molecular complexity index is 352. The number of rotatable bonds is 6. The van der Waals surface area contributed by atoms with Gasteiger partial charge in [-0.2, -0.15) is 0 Å². The maximum absolute atomic E-state index is 5.91. The van der Waals surface area contributed by atoms with E-state index in [2.05, 4.69) is 48.1 Å². The first-order valence-electron chi connectivity index (χ1n) is 6.19. The maximum Gasteiger partial charge on any atom is 0.0489 e. The van der Waals surface area contributed by atoms with Crippen LogP contribution in [0.2, 0.25) is 0 Å². The Kier molecular flexibility index (Phi) is 5.47. The molecule has 3 heteroatoms. The van der Waals surface area contributed by atoms with Crippen molar-refractivity contribution in [1.82, 2.24) is 0 Å². The summed E-state index contributed by atoms with van der Waals surface area (Å²) in [5.41, 5.74) is 6.99. The second-order valence-electron chi connectivity index (χ2n) is 5.30. The van der Waals surface area contributed by atoms with E-state index in [1.165, 1.54) is 6.42 Å². The summed E-state index contributed by atoms with van der Waals surface area (Å²) in [4.78, 5) is 0. The van der Waals surface area contributed by atoms with Gasteiger partial charge >= 0.3 is 0 Å². The highest BCUT2D eigenvalue weighted by Gasteiger charge is 2.22. The lowest BCUT2D eigenvalue weighted by atomic mass is 9.91. The number of nitrogens with two attached hydrogens (primary N) is 1. The molecule has 1 aromatic rings. The highest BCUT2D eigenvalue weighted by atomic mass is 79.9. The fourth-order valence-corrected chi connectivity index (χ4v) is 2.09. The molecule has 0 amide bonds. The van der Waals surface area contributed by atoms with Gasteiger partial charge in [0.25, 0.3) is 0 Å². The lowest BCUT2D eigenvalue weighted by Gasteiger charge is -2.32. The maximum atomic E-state index is 5.91. The summed E-state index contributed by atoms with van der Waals surface area (Å²) in [6.07, 6.45) is 2.27. The summed E-state index contributed by atoms with van der Waals surface area (Å²) >= 11 is 3.55. The van der Waals surface area contributed by atoms with Gasteiger partial charge in [0.15, 0.2) is 0 Å². The van der Waals surface area contributed by atoms with Gasteiger partial charge in [0.1, 0.15) is 0 Å². The molecular formula is C14H23BrN2. The van der Waals surface area contributed by atoms with Crippen LogP contribution in [-0.4, -0.2) is 12.1 Å². The molecule has 2 nitrogen and oxygen atoms in total. The molecule has 1 unspecified atom stereocenters. The Morgan fingerprint density at radius 1 is 1.35 bits per heavy atom. The molecule has 0 saturated heterocycles. The molecule has 96 valence electrons. The molecule has 0 radical (unpaired) electrons. The number of nitrogens with one attached hydrogen (secondary N) is 1. The van der Waals surface area contributed by atoms with E-state index in [4.69, 9.17) is 5.73 Å². The molecule has 0 saturated carbocycles. The summed E-state index contributed by atoms with van der Waals surface area (Å²) in [6, 6.07) is 8.17. The zero-order chi connectivity index (χ0) is 12.9. The van der Waals surface area contributed by atoms with Crippen LogP contribution in [0.4, 0.5) is 5.69 Å². The second-order valence-corrected chi connectivity index (χ2v) is 6.16. The van der Waals surface area contributed by atoms with E-state index >= 15 is 0 Å². The first-order chi connectivity index (χ1) is 7.97. The van der Waals surface area contributed by atoms with Crippen LogP contribution in [0.5, 0.6) is 0 Å². The van der Waals surface area contributed by atoms with Gasteiger partial charge in [-0.1, -0.05) is 26.0 Å². The number of benzene rings is 1. The smallest absolute Gasteiger partial charge is 0.0489 e. The largest absolute Gasteiger partial charge is 0.378 e. The van der Waals surface area contributed by atoms with Crippen molar-refractivity contribution < 1.29 is 0 Å². The van der Waals surface area contributed by atoms with Crippen molar-refractivity contribution in [3.63, 3.8) is 0 Å². The van der Waals surface area contributed by atoms with Crippen molar-refractivity contribution in [3.8, 4) is 0 Å². The minimum absolute atomic E-state index is 0.0336. The van der Waals surface area contributed by atoms with Crippen LogP contribution in [0.3, 0.4) is 0 Å². The summed E-state index contributed by atoms with van der Waals surface area (Å²) in [5, 5.41) is 3.56. The average molecular weight is 299 g/mol. The highest BCUT2D eigenvalue weighted by Crippen LogP contribution is 2.27. The van der Waals surface area contributed by atoms with Gasteiger partial charge in [-0.05, 0) is 53.7 Å². The van der Waals surface area contributed by atoms with Gasteiger partial charge < -0.3 is 11.1 Å². The Balaban J connectivity index is 2.71. The van der Waals surface area contributed by atoms with Crippen LogP contribution < -0.4 is 11.1 Å². The van der Waals surface area contributed by atoms with Crippen LogP contribution in [0, 0.1) is 5.92 Å². The quantitative estimate of drug-likeness (QED) is 0.832. The Morgan fingerprint density at radius 2 is 2.00 bits per heavy atom. The molecule has 1 rings (SSSR count). The molecule has 0 aliphatic carbocycles. The molecule has 0 aliphatic rings. The van der Waals surface area contributed by atoms with Crippen LogP contribution in [-0.2, 0) is 0 Å². The summed E-state index contributed by atoms with van der Waals surface area (Å²) < 4.78 is 1.09. The van der Waals surface area contributed by atoms with Crippen molar-refractivity contribution in [1.29, 1.82) is 0 Å². The Labute approximate surface area is 113 Å². The minimum Gasteiger partial charge on any atom is -0.378 e. The third-order valence-electron chi connectivity index (χ3n) is 3.03. The zero-order valence-corrected chi connectivity index (χ0v) is 12.5. The molecule has 0 spiro atoms. The molecule has 3 N–H and O–H groups in total. The predicted octanol–water partition coefficient (Wildman–Crippen LogP) is 4.01. The first kappa shape index (κ1) is 14.5. The topological polar surface area (TPSA) is 38.0 Å². The minimum atomic E-state index is -0.0336. The number of para-hydroxylation sites is 1. The molecule has 17 heavy (non-hydrogen) atoms. The van der Waals surface area contributed by atoms with Gasteiger partial charge in [0.05, 0.1) is 0 Å². The number of halogens is 1. The van der Waals surface area contributed by atoms with Gasteiger partial charge in [-0.3, -0.25) is 0 Å². The van der Waals surface area contributed by atoms with Crippen molar-refractivity contribution >= 4 is 21.6 Å². The summed E-state index contributed by atoms with van der Waals surface area (Å²) in [6.45, 7) is 7.32. The number of anilines is 1. The first-order valence-corrected chi connectivity index (χ1v) is 6.99. The highest BCUT2D eigenvalue weighted by molar-refractivity contribution is 9.10. The molecule has 0 aromatic heterocycles. The summed E-state index contributed by atoms with van der Waals surface area (Å²) in [5.74, 6) is 0.710. The van der Waals surface area contributed by atoms with E-state index in [9.17, 15) is 0 Å². The number of hydrogen-bond acceptors (Lipinski definition) is 2. The standard InChI is InChI=1S/C14H23BrN2/c1-11(2)8-9-14(3,10-16)17-13-7-5-4-6-12(13)15/h4-7,11,17H,8-10,16H2,1-3H3. The molecule has 0 bridgehead atoms. The van der Waals surface area contributed by atoms with Crippen molar-refractivity contribution in [3.05, 3.63) is 28.7 Å². The normalized spacial score (nSPS) is 14.7. The third-order valence-corrected chi connectivity index (χ3v) is 3.73. The van der Waals surface area contributed by atoms with Crippen LogP contribution in [0.15, 0.2) is 28.7 Å². The van der Waals surface area contributed by atoms with Crippen LogP contribution >= 0.6 is 15.9 Å². The van der Waals surface area contributed by atoms with E-state index in [0.29, 0.717) is 12.5 Å². The van der Waals surface area contributed by atoms with Crippen molar-refractivity contribution in [2.75, 3.05) is 11.9 Å². The van der Waals surface area contributed by atoms with E-state index in [1.54, 1.807) is 0 Å². The molecule has 0 heterocycles. The molecular weight excluding hydrogens is 276 g/mol. The third kappa shape index (κ3) is 4.68. The van der Waals surface area contributed by atoms with Gasteiger partial charge in [0, 0.05) is 22.2 Å². The fraction of sp³-hybridized carbons (Fsp3) is 0.571. The predicted molar refractivity (Wildman–Crippen MR) is 79.3 cm³/mol. The van der Waals surface area contributed by atoms with Crippen molar-refractivity contribution in [2.24, 2.45) is 11.7 Å². The van der Waals surface area contributed by atoms with E-state index in [0.717, 1.165) is 16.6 Å². The Hall–Kier alpha value is -0.540. The van der Waals surface area contributed by atoms with Gasteiger partial charge in [-0.25, -0.2) is 0 Å². The SMILES string of the molecule is CC(C)CCC(C)(CN)Nc1ccccc1Br. The number of hydrogen-bond donors (Lipinski definition) is 2. The van der Waals surface area contributed by atoms with Crippen LogP contribution in [0.25, 0.3) is 0 Å². The van der Waals surface area contributed by atoms with E-state index < -0.39 is 0 Å². The average Bonchev–Trinajstić information content (AvgIpc) is 2.30. The van der Waals surface area contributed by atoms with Gasteiger partial charge in [0.2, 0.25) is 0 Å². The fourth-order valence-electron chi connectivity index (χ4n) is 1.71. The second kappa shape index (κ2) is 6.41. The lowest BCUT2D eigenvalue weighted by molar-refractivity contribution is 0.420. The van der Waals surface area contributed by atoms with Crippen molar-refractivity contribution in [2.45, 2.75) is 39.2 Å². The molecule has 1 atom stereocenters. The monoisotopic (exact) mass is 298 g/mol. The Morgan fingerprint density at radius 3 is 2.53 bits per heavy atom. The van der Waals surface area contributed by atoms with Gasteiger partial charge in [-0.15, -0.1) is 0 Å². The van der Waals surface area contributed by atoms with E-state index in [1.807, 2.05) is 18.2 Å². The molecule has 0 fully saturated rings. The van der Waals surface area contributed by atoms with E-state index in [-0.39, 0.29) is 5.54 Å².